The van der Waals surface area contributed by atoms with Gasteiger partial charge < -0.3 is 4.74 Å². The number of nitrogens with zero attached hydrogens (tertiary/aromatic N) is 1. The van der Waals surface area contributed by atoms with E-state index in [2.05, 4.69) is 6.92 Å². The Bertz CT molecular complexity index is 449. The van der Waals surface area contributed by atoms with Crippen LogP contribution in [0.5, 0.6) is 0 Å². The molecule has 0 radical (unpaired) electrons. The fraction of sp³-hybridized carbons (Fsp3) is 0.429. The lowest BCUT2D eigenvalue weighted by Gasteiger charge is -2.17. The van der Waals surface area contributed by atoms with Crippen molar-refractivity contribution in [3.05, 3.63) is 30.3 Å². The Morgan fingerprint density at radius 2 is 2.16 bits per heavy atom. The molecule has 1 heterocycles. The fourth-order valence-electron chi connectivity index (χ4n) is 1.89. The summed E-state index contributed by atoms with van der Waals surface area (Å²) in [4.78, 5) is 25.7. The lowest BCUT2D eigenvalue weighted by Crippen LogP contribution is -2.33. The Labute approximate surface area is 117 Å². The molecule has 0 bridgehead atoms. The summed E-state index contributed by atoms with van der Waals surface area (Å²) in [7, 11) is 0. The maximum atomic E-state index is 12.0. The monoisotopic (exact) mass is 279 g/mol. The molecule has 1 aromatic rings. The molecule has 1 fully saturated rings. The standard InChI is InChI=1S/C14H17NO3S/c1-2-11(19-12-6-4-3-5-7-12)10-13(16)15-8-9-18-14(15)17/h3-7,11H,2,8-10H2,1H3. The van der Waals surface area contributed by atoms with E-state index < -0.39 is 6.09 Å². The van der Waals surface area contributed by atoms with Crippen molar-refractivity contribution in [1.82, 2.24) is 4.90 Å². The van der Waals surface area contributed by atoms with Crippen LogP contribution in [0.15, 0.2) is 35.2 Å². The van der Waals surface area contributed by atoms with Gasteiger partial charge in [0.15, 0.2) is 0 Å². The average molecular weight is 279 g/mol. The van der Waals surface area contributed by atoms with E-state index in [1.54, 1.807) is 11.8 Å². The molecule has 1 aliphatic heterocycles. The largest absolute Gasteiger partial charge is 0.447 e. The molecule has 0 aromatic heterocycles. The molecule has 0 saturated carbocycles. The maximum Gasteiger partial charge on any atom is 0.416 e. The molecule has 0 spiro atoms. The lowest BCUT2D eigenvalue weighted by atomic mass is 10.2. The van der Waals surface area contributed by atoms with E-state index in [0.29, 0.717) is 19.6 Å². The number of thioether (sulfide) groups is 1. The summed E-state index contributed by atoms with van der Waals surface area (Å²) >= 11 is 1.68. The number of carbonyl (C=O) groups is 2. The van der Waals surface area contributed by atoms with Crippen molar-refractivity contribution in [3.63, 3.8) is 0 Å². The number of hydrogen-bond donors (Lipinski definition) is 0. The van der Waals surface area contributed by atoms with Crippen molar-refractivity contribution in [2.24, 2.45) is 0 Å². The molecule has 1 atom stereocenters. The highest BCUT2D eigenvalue weighted by molar-refractivity contribution is 8.00. The number of cyclic esters (lactones) is 1. The molecule has 1 aromatic carbocycles. The number of rotatable bonds is 5. The lowest BCUT2D eigenvalue weighted by molar-refractivity contribution is -0.127. The minimum absolute atomic E-state index is 0.141. The van der Waals surface area contributed by atoms with Gasteiger partial charge in [0, 0.05) is 16.6 Å². The minimum Gasteiger partial charge on any atom is -0.447 e. The zero-order valence-electron chi connectivity index (χ0n) is 10.9. The van der Waals surface area contributed by atoms with Crippen LogP contribution >= 0.6 is 11.8 Å². The Morgan fingerprint density at radius 3 is 2.74 bits per heavy atom. The van der Waals surface area contributed by atoms with Crippen LogP contribution in [0.25, 0.3) is 0 Å². The van der Waals surface area contributed by atoms with Crippen molar-refractivity contribution in [3.8, 4) is 0 Å². The Kier molecular flexibility index (Phi) is 4.85. The quantitative estimate of drug-likeness (QED) is 0.777. The highest BCUT2D eigenvalue weighted by Gasteiger charge is 2.29. The third-order valence-corrected chi connectivity index (χ3v) is 4.34. The number of imide groups is 1. The van der Waals surface area contributed by atoms with Crippen LogP contribution in [0.3, 0.4) is 0 Å². The van der Waals surface area contributed by atoms with Gasteiger partial charge in [-0.3, -0.25) is 4.79 Å². The van der Waals surface area contributed by atoms with Gasteiger partial charge in [-0.15, -0.1) is 11.8 Å². The zero-order chi connectivity index (χ0) is 13.7. The van der Waals surface area contributed by atoms with Crippen LogP contribution in [0.1, 0.15) is 19.8 Å². The second kappa shape index (κ2) is 6.61. The highest BCUT2D eigenvalue weighted by atomic mass is 32.2. The third-order valence-electron chi connectivity index (χ3n) is 2.97. The molecule has 19 heavy (non-hydrogen) atoms. The van der Waals surface area contributed by atoms with E-state index in [0.717, 1.165) is 11.3 Å². The van der Waals surface area contributed by atoms with Gasteiger partial charge in [0.1, 0.15) is 6.61 Å². The first kappa shape index (κ1) is 13.9. The number of benzene rings is 1. The van der Waals surface area contributed by atoms with Gasteiger partial charge in [0.05, 0.1) is 6.54 Å². The van der Waals surface area contributed by atoms with Crippen LogP contribution < -0.4 is 0 Å². The van der Waals surface area contributed by atoms with Gasteiger partial charge in [-0.25, -0.2) is 9.69 Å². The normalized spacial score (nSPS) is 16.3. The zero-order valence-corrected chi connectivity index (χ0v) is 11.7. The van der Waals surface area contributed by atoms with Crippen molar-refractivity contribution in [1.29, 1.82) is 0 Å². The van der Waals surface area contributed by atoms with E-state index in [1.807, 2.05) is 30.3 Å². The summed E-state index contributed by atoms with van der Waals surface area (Å²) in [6, 6.07) is 9.99. The van der Waals surface area contributed by atoms with Gasteiger partial charge in [-0.05, 0) is 18.6 Å². The van der Waals surface area contributed by atoms with Gasteiger partial charge in [0.2, 0.25) is 5.91 Å². The van der Waals surface area contributed by atoms with Gasteiger partial charge in [-0.2, -0.15) is 0 Å². The fourth-order valence-corrected chi connectivity index (χ4v) is 2.98. The summed E-state index contributed by atoms with van der Waals surface area (Å²) in [5.74, 6) is -0.141. The van der Waals surface area contributed by atoms with E-state index >= 15 is 0 Å². The van der Waals surface area contributed by atoms with Gasteiger partial charge >= 0.3 is 6.09 Å². The van der Waals surface area contributed by atoms with Crippen molar-refractivity contribution < 1.29 is 14.3 Å². The first-order valence-corrected chi connectivity index (χ1v) is 7.27. The van der Waals surface area contributed by atoms with Crippen molar-refractivity contribution in [2.75, 3.05) is 13.2 Å². The van der Waals surface area contributed by atoms with Gasteiger partial charge in [-0.1, -0.05) is 25.1 Å². The molecule has 2 amide bonds. The molecular formula is C14H17NO3S. The summed E-state index contributed by atoms with van der Waals surface area (Å²) < 4.78 is 4.78. The molecule has 1 unspecified atom stereocenters. The number of amides is 2. The van der Waals surface area contributed by atoms with Crippen molar-refractivity contribution >= 4 is 23.8 Å². The van der Waals surface area contributed by atoms with Crippen LogP contribution in [-0.2, 0) is 9.53 Å². The first-order valence-electron chi connectivity index (χ1n) is 6.39. The molecule has 0 aliphatic carbocycles. The van der Waals surface area contributed by atoms with Crippen molar-refractivity contribution in [2.45, 2.75) is 29.9 Å². The SMILES string of the molecule is CCC(CC(=O)N1CCOC1=O)Sc1ccccc1. The maximum absolute atomic E-state index is 12.0. The molecule has 1 saturated heterocycles. The summed E-state index contributed by atoms with van der Waals surface area (Å²) in [6.07, 6.45) is 0.740. The predicted molar refractivity (Wildman–Crippen MR) is 74.1 cm³/mol. The van der Waals surface area contributed by atoms with Crippen LogP contribution in [0.2, 0.25) is 0 Å². The van der Waals surface area contributed by atoms with Gasteiger partial charge in [0.25, 0.3) is 0 Å². The first-order chi connectivity index (χ1) is 9.20. The van der Waals surface area contributed by atoms with Crippen LogP contribution in [0, 0.1) is 0 Å². The number of ether oxygens (including phenoxy) is 1. The molecule has 5 heteroatoms. The number of hydrogen-bond acceptors (Lipinski definition) is 4. The Morgan fingerprint density at radius 1 is 1.42 bits per heavy atom. The van der Waals surface area contributed by atoms with Crippen LogP contribution in [0.4, 0.5) is 4.79 Å². The Hall–Kier alpha value is -1.49. The molecule has 0 N–H and O–H groups in total. The summed E-state index contributed by atoms with van der Waals surface area (Å²) in [5.41, 5.74) is 0. The second-order valence-corrected chi connectivity index (χ2v) is 5.70. The third kappa shape index (κ3) is 3.73. The molecule has 102 valence electrons. The molecule has 2 rings (SSSR count). The average Bonchev–Trinajstić information content (AvgIpc) is 2.85. The smallest absolute Gasteiger partial charge is 0.416 e. The predicted octanol–water partition coefficient (Wildman–Crippen LogP) is 2.93. The van der Waals surface area contributed by atoms with Crippen LogP contribution in [-0.4, -0.2) is 35.3 Å². The molecule has 1 aliphatic rings. The second-order valence-electron chi connectivity index (χ2n) is 4.33. The molecular weight excluding hydrogens is 262 g/mol. The topological polar surface area (TPSA) is 46.6 Å². The van der Waals surface area contributed by atoms with E-state index in [-0.39, 0.29) is 11.2 Å². The van der Waals surface area contributed by atoms with E-state index in [1.165, 1.54) is 4.90 Å². The highest BCUT2D eigenvalue weighted by Crippen LogP contribution is 2.28. The van der Waals surface area contributed by atoms with E-state index in [9.17, 15) is 9.59 Å². The summed E-state index contributed by atoms with van der Waals surface area (Å²) in [5, 5.41) is 0.184. The Balaban J connectivity index is 1.92. The molecule has 4 nitrogen and oxygen atoms in total. The number of carbonyl (C=O) groups excluding carboxylic acids is 2. The summed E-state index contributed by atoms with van der Waals surface area (Å²) in [6.45, 7) is 2.74. The van der Waals surface area contributed by atoms with E-state index in [4.69, 9.17) is 4.74 Å². The minimum atomic E-state index is -0.510.